The van der Waals surface area contributed by atoms with Gasteiger partial charge in [-0.2, -0.15) is 0 Å². The van der Waals surface area contributed by atoms with E-state index in [0.29, 0.717) is 16.5 Å². The third-order valence-corrected chi connectivity index (χ3v) is 4.16. The van der Waals surface area contributed by atoms with Gasteiger partial charge in [0.1, 0.15) is 23.6 Å². The van der Waals surface area contributed by atoms with E-state index in [0.717, 1.165) is 0 Å². The summed E-state index contributed by atoms with van der Waals surface area (Å²) in [6, 6.07) is 9.63. The summed E-state index contributed by atoms with van der Waals surface area (Å²) in [5.41, 5.74) is 0.185. The van der Waals surface area contributed by atoms with Gasteiger partial charge in [0.2, 0.25) is 0 Å². The van der Waals surface area contributed by atoms with Crippen LogP contribution in [0.4, 0.5) is 4.39 Å². The van der Waals surface area contributed by atoms with E-state index in [2.05, 4.69) is 0 Å². The van der Waals surface area contributed by atoms with Crippen LogP contribution in [0.2, 0.25) is 5.02 Å². The number of rotatable bonds is 4. The lowest BCUT2D eigenvalue weighted by atomic mass is 9.96. The van der Waals surface area contributed by atoms with Crippen molar-refractivity contribution < 1.29 is 23.5 Å². The van der Waals surface area contributed by atoms with Gasteiger partial charge in [0, 0.05) is 22.6 Å². The molecule has 25 heavy (non-hydrogen) atoms. The van der Waals surface area contributed by atoms with Crippen molar-refractivity contribution in [3.05, 3.63) is 69.3 Å². The Morgan fingerprint density at radius 1 is 1.20 bits per heavy atom. The molecule has 0 amide bonds. The van der Waals surface area contributed by atoms with Crippen molar-refractivity contribution in [2.75, 3.05) is 0 Å². The average Bonchev–Trinajstić information content (AvgIpc) is 2.56. The molecule has 0 bridgehead atoms. The molecule has 1 N–H and O–H groups in total. The Morgan fingerprint density at radius 2 is 1.96 bits per heavy atom. The van der Waals surface area contributed by atoms with Gasteiger partial charge in [0.25, 0.3) is 0 Å². The molecule has 1 aromatic heterocycles. The SMILES string of the molecule is O=CC(C(=O)O)c1ccc2c(-c3cccc(F)c3Cl)cc(=O)oc2c1. The highest BCUT2D eigenvalue weighted by Crippen LogP contribution is 2.34. The lowest BCUT2D eigenvalue weighted by Crippen LogP contribution is -2.12. The van der Waals surface area contributed by atoms with E-state index in [1.807, 2.05) is 0 Å². The van der Waals surface area contributed by atoms with Crippen LogP contribution in [0.3, 0.4) is 0 Å². The summed E-state index contributed by atoms with van der Waals surface area (Å²) in [6.45, 7) is 0. The Hall–Kier alpha value is -2.99. The molecule has 1 unspecified atom stereocenters. The highest BCUT2D eigenvalue weighted by atomic mass is 35.5. The minimum Gasteiger partial charge on any atom is -0.480 e. The van der Waals surface area contributed by atoms with Gasteiger partial charge < -0.3 is 14.3 Å². The number of hydrogen-bond acceptors (Lipinski definition) is 4. The number of aldehydes is 1. The maximum atomic E-state index is 13.7. The maximum absolute atomic E-state index is 13.7. The first-order valence-electron chi connectivity index (χ1n) is 7.12. The largest absolute Gasteiger partial charge is 0.480 e. The Bertz CT molecular complexity index is 1060. The van der Waals surface area contributed by atoms with E-state index in [9.17, 15) is 18.8 Å². The van der Waals surface area contributed by atoms with Gasteiger partial charge >= 0.3 is 11.6 Å². The standard InChI is InChI=1S/C18H10ClFO5/c19-17-11(2-1-3-14(17)20)12-7-16(22)25-15-6-9(4-5-10(12)15)13(8-21)18(23)24/h1-8,13H,(H,23,24). The number of carboxylic acids is 1. The third kappa shape index (κ3) is 3.04. The fourth-order valence-electron chi connectivity index (χ4n) is 2.59. The highest BCUT2D eigenvalue weighted by Gasteiger charge is 2.21. The minimum atomic E-state index is -1.38. The van der Waals surface area contributed by atoms with Crippen LogP contribution >= 0.6 is 11.6 Å². The predicted molar refractivity (Wildman–Crippen MR) is 89.3 cm³/mol. The van der Waals surface area contributed by atoms with Gasteiger partial charge in [-0.15, -0.1) is 0 Å². The number of halogens is 2. The first-order valence-corrected chi connectivity index (χ1v) is 7.50. The normalized spacial score (nSPS) is 12.1. The first-order chi connectivity index (χ1) is 11.9. The summed E-state index contributed by atoms with van der Waals surface area (Å²) in [5.74, 6) is -3.33. The van der Waals surface area contributed by atoms with Crippen LogP contribution in [0.5, 0.6) is 0 Å². The van der Waals surface area contributed by atoms with Gasteiger partial charge in [-0.3, -0.25) is 4.79 Å². The van der Waals surface area contributed by atoms with Crippen molar-refractivity contribution in [1.82, 2.24) is 0 Å². The van der Waals surface area contributed by atoms with Gasteiger partial charge in [-0.25, -0.2) is 9.18 Å². The van der Waals surface area contributed by atoms with Crippen LogP contribution in [0.15, 0.2) is 51.7 Å². The summed E-state index contributed by atoms with van der Waals surface area (Å²) in [4.78, 5) is 34.0. The number of carbonyl (C=O) groups excluding carboxylic acids is 1. The van der Waals surface area contributed by atoms with Crippen LogP contribution in [0.1, 0.15) is 11.5 Å². The zero-order chi connectivity index (χ0) is 18.1. The molecule has 7 heteroatoms. The number of hydrogen-bond donors (Lipinski definition) is 1. The van der Waals surface area contributed by atoms with Crippen LogP contribution in [0.25, 0.3) is 22.1 Å². The fourth-order valence-corrected chi connectivity index (χ4v) is 2.81. The van der Waals surface area contributed by atoms with E-state index in [-0.39, 0.29) is 22.5 Å². The first kappa shape index (κ1) is 16.9. The summed E-state index contributed by atoms with van der Waals surface area (Å²) >= 11 is 5.99. The molecule has 0 saturated carbocycles. The smallest absolute Gasteiger partial charge is 0.336 e. The molecule has 1 atom stereocenters. The molecular weight excluding hydrogens is 351 g/mol. The average molecular weight is 361 g/mol. The maximum Gasteiger partial charge on any atom is 0.336 e. The van der Waals surface area contributed by atoms with Gasteiger partial charge in [0.15, 0.2) is 0 Å². The minimum absolute atomic E-state index is 0.0772. The second kappa shape index (κ2) is 6.49. The lowest BCUT2D eigenvalue weighted by Gasteiger charge is -2.10. The summed E-state index contributed by atoms with van der Waals surface area (Å²) in [5, 5.41) is 9.36. The summed E-state index contributed by atoms with van der Waals surface area (Å²) in [7, 11) is 0. The van der Waals surface area contributed by atoms with Crippen molar-refractivity contribution in [2.24, 2.45) is 0 Å². The van der Waals surface area contributed by atoms with E-state index >= 15 is 0 Å². The molecule has 0 spiro atoms. The predicted octanol–water partition coefficient (Wildman–Crippen LogP) is 3.62. The van der Waals surface area contributed by atoms with Crippen LogP contribution in [0, 0.1) is 5.82 Å². The molecule has 0 saturated heterocycles. The molecule has 3 rings (SSSR count). The lowest BCUT2D eigenvalue weighted by molar-refractivity contribution is -0.140. The number of fused-ring (bicyclic) bond motifs is 1. The van der Waals surface area contributed by atoms with Gasteiger partial charge in [-0.1, -0.05) is 35.9 Å². The molecule has 0 aliphatic carbocycles. The van der Waals surface area contributed by atoms with Crippen molar-refractivity contribution >= 4 is 34.8 Å². The van der Waals surface area contributed by atoms with Crippen molar-refractivity contribution in [1.29, 1.82) is 0 Å². The fraction of sp³-hybridized carbons (Fsp3) is 0.0556. The quantitative estimate of drug-likeness (QED) is 0.436. The Labute approximate surface area is 145 Å². The Kier molecular flexibility index (Phi) is 4.37. The zero-order valence-electron chi connectivity index (χ0n) is 12.5. The third-order valence-electron chi connectivity index (χ3n) is 3.77. The van der Waals surface area contributed by atoms with Crippen molar-refractivity contribution in [3.63, 3.8) is 0 Å². The number of carbonyl (C=O) groups is 2. The van der Waals surface area contributed by atoms with Crippen molar-refractivity contribution in [2.45, 2.75) is 5.92 Å². The van der Waals surface area contributed by atoms with Crippen LogP contribution in [-0.2, 0) is 9.59 Å². The highest BCUT2D eigenvalue weighted by molar-refractivity contribution is 6.33. The molecule has 5 nitrogen and oxygen atoms in total. The number of carboxylic acid groups (broad SMARTS) is 1. The molecule has 0 aliphatic heterocycles. The Balaban J connectivity index is 2.29. The van der Waals surface area contributed by atoms with E-state index in [1.165, 1.54) is 36.4 Å². The molecule has 0 radical (unpaired) electrons. The van der Waals surface area contributed by atoms with Gasteiger partial charge in [0.05, 0.1) is 5.02 Å². The van der Waals surface area contributed by atoms with Crippen LogP contribution < -0.4 is 5.63 Å². The van der Waals surface area contributed by atoms with Crippen LogP contribution in [-0.4, -0.2) is 17.4 Å². The topological polar surface area (TPSA) is 84.6 Å². The van der Waals surface area contributed by atoms with E-state index in [1.54, 1.807) is 6.07 Å². The van der Waals surface area contributed by atoms with Crippen molar-refractivity contribution in [3.8, 4) is 11.1 Å². The summed E-state index contributed by atoms with van der Waals surface area (Å²) < 4.78 is 18.8. The van der Waals surface area contributed by atoms with E-state index < -0.39 is 23.3 Å². The molecule has 126 valence electrons. The van der Waals surface area contributed by atoms with Gasteiger partial charge in [-0.05, 0) is 17.7 Å². The molecule has 3 aromatic rings. The number of benzene rings is 2. The molecule has 1 heterocycles. The molecule has 0 aliphatic rings. The van der Waals surface area contributed by atoms with E-state index in [4.69, 9.17) is 21.1 Å². The Morgan fingerprint density at radius 3 is 2.64 bits per heavy atom. The number of aliphatic carboxylic acids is 1. The molecular formula is C18H10ClFO5. The zero-order valence-corrected chi connectivity index (χ0v) is 13.3. The molecule has 2 aromatic carbocycles. The summed E-state index contributed by atoms with van der Waals surface area (Å²) in [6.07, 6.45) is 0.287. The second-order valence-corrected chi connectivity index (χ2v) is 5.67. The molecule has 0 fully saturated rings. The second-order valence-electron chi connectivity index (χ2n) is 5.29. The monoisotopic (exact) mass is 360 g/mol.